The van der Waals surface area contributed by atoms with Gasteiger partial charge < -0.3 is 10.1 Å². The van der Waals surface area contributed by atoms with Gasteiger partial charge in [-0.3, -0.25) is 4.79 Å². The topological polar surface area (TPSA) is 72.5 Å². The van der Waals surface area contributed by atoms with Crippen molar-refractivity contribution in [1.82, 2.24) is 0 Å². The Morgan fingerprint density at radius 3 is 2.39 bits per heavy atom. The van der Waals surface area contributed by atoms with Crippen molar-refractivity contribution in [3.8, 4) is 16.9 Å². The standard InChI is InChI=1S/C21H18ClNO4S/c1-28(25,26)18-9-5-8-17(13-18)23-21(24)14-27-20-11-10-16(12-19(20)22)15-6-3-2-4-7-15/h2-13H,14H2,1H3,(H,23,24). The highest BCUT2D eigenvalue weighted by Gasteiger charge is 2.11. The molecule has 144 valence electrons. The van der Waals surface area contributed by atoms with Gasteiger partial charge in [-0.25, -0.2) is 8.42 Å². The van der Waals surface area contributed by atoms with Crippen LogP contribution in [0, 0.1) is 0 Å². The van der Waals surface area contributed by atoms with Crippen molar-refractivity contribution in [2.45, 2.75) is 4.90 Å². The zero-order chi connectivity index (χ0) is 20.1. The Balaban J connectivity index is 1.63. The number of benzene rings is 3. The van der Waals surface area contributed by atoms with Gasteiger partial charge in [-0.2, -0.15) is 0 Å². The van der Waals surface area contributed by atoms with Crippen molar-refractivity contribution >= 4 is 33.0 Å². The highest BCUT2D eigenvalue weighted by atomic mass is 35.5. The molecular formula is C21H18ClNO4S. The SMILES string of the molecule is CS(=O)(=O)c1cccc(NC(=O)COc2ccc(-c3ccccc3)cc2Cl)c1. The Labute approximate surface area is 168 Å². The lowest BCUT2D eigenvalue weighted by atomic mass is 10.1. The fraction of sp³-hybridized carbons (Fsp3) is 0.0952. The lowest BCUT2D eigenvalue weighted by Gasteiger charge is -2.11. The van der Waals surface area contributed by atoms with Crippen molar-refractivity contribution in [1.29, 1.82) is 0 Å². The molecule has 0 radical (unpaired) electrons. The molecule has 5 nitrogen and oxygen atoms in total. The summed E-state index contributed by atoms with van der Waals surface area (Å²) in [5, 5.41) is 3.01. The monoisotopic (exact) mass is 415 g/mol. The van der Waals surface area contributed by atoms with E-state index in [1.54, 1.807) is 24.3 Å². The van der Waals surface area contributed by atoms with Crippen molar-refractivity contribution < 1.29 is 17.9 Å². The fourth-order valence-electron chi connectivity index (χ4n) is 2.57. The summed E-state index contributed by atoms with van der Waals surface area (Å²) in [4.78, 5) is 12.2. The predicted octanol–water partition coefficient (Wildman–Crippen LogP) is 4.43. The van der Waals surface area contributed by atoms with Crippen molar-refractivity contribution in [3.63, 3.8) is 0 Å². The minimum Gasteiger partial charge on any atom is -0.482 e. The normalized spacial score (nSPS) is 11.1. The number of sulfone groups is 1. The summed E-state index contributed by atoms with van der Waals surface area (Å²) in [7, 11) is -3.35. The Bertz CT molecular complexity index is 1100. The number of halogens is 1. The van der Waals surface area contributed by atoms with E-state index in [9.17, 15) is 13.2 Å². The van der Waals surface area contributed by atoms with Gasteiger partial charge in [0, 0.05) is 11.9 Å². The summed E-state index contributed by atoms with van der Waals surface area (Å²) < 4.78 is 28.7. The summed E-state index contributed by atoms with van der Waals surface area (Å²) in [6.45, 7) is -0.256. The van der Waals surface area contributed by atoms with Crippen molar-refractivity contribution in [2.24, 2.45) is 0 Å². The number of amides is 1. The molecule has 7 heteroatoms. The number of nitrogens with one attached hydrogen (secondary N) is 1. The summed E-state index contributed by atoms with van der Waals surface area (Å²) in [5.74, 6) is -0.0322. The molecule has 3 rings (SSSR count). The number of rotatable bonds is 6. The molecule has 0 fully saturated rings. The zero-order valence-electron chi connectivity index (χ0n) is 15.1. The quantitative estimate of drug-likeness (QED) is 0.646. The van der Waals surface area contributed by atoms with Crippen LogP contribution in [0.4, 0.5) is 5.69 Å². The smallest absolute Gasteiger partial charge is 0.262 e. The summed E-state index contributed by atoms with van der Waals surface area (Å²) >= 11 is 6.27. The molecule has 0 saturated heterocycles. The van der Waals surface area contributed by atoms with Crippen LogP contribution < -0.4 is 10.1 Å². The molecule has 0 bridgehead atoms. The van der Waals surface area contributed by atoms with Gasteiger partial charge >= 0.3 is 0 Å². The molecule has 0 unspecified atom stereocenters. The van der Waals surface area contributed by atoms with Gasteiger partial charge in [0.2, 0.25) is 0 Å². The zero-order valence-corrected chi connectivity index (χ0v) is 16.6. The first-order chi connectivity index (χ1) is 13.3. The average Bonchev–Trinajstić information content (AvgIpc) is 2.67. The molecular weight excluding hydrogens is 398 g/mol. The second-order valence-corrected chi connectivity index (χ2v) is 8.57. The van der Waals surface area contributed by atoms with Gasteiger partial charge in [-0.1, -0.05) is 54.1 Å². The third kappa shape index (κ3) is 5.12. The largest absolute Gasteiger partial charge is 0.482 e. The van der Waals surface area contributed by atoms with Gasteiger partial charge in [0.25, 0.3) is 5.91 Å². The summed E-state index contributed by atoms with van der Waals surface area (Å²) in [6.07, 6.45) is 1.11. The molecule has 0 aromatic heterocycles. The van der Waals surface area contributed by atoms with E-state index in [0.29, 0.717) is 16.5 Å². The molecule has 1 N–H and O–H groups in total. The molecule has 0 spiro atoms. The Morgan fingerprint density at radius 1 is 0.964 bits per heavy atom. The molecule has 3 aromatic rings. The van der Waals surface area contributed by atoms with E-state index >= 15 is 0 Å². The summed E-state index contributed by atoms with van der Waals surface area (Å²) in [6, 6.07) is 21.2. The lowest BCUT2D eigenvalue weighted by Crippen LogP contribution is -2.20. The highest BCUT2D eigenvalue weighted by Crippen LogP contribution is 2.30. The predicted molar refractivity (Wildman–Crippen MR) is 111 cm³/mol. The van der Waals surface area contributed by atoms with E-state index in [1.165, 1.54) is 12.1 Å². The van der Waals surface area contributed by atoms with Crippen LogP contribution in [-0.2, 0) is 14.6 Å². The second kappa shape index (κ2) is 8.46. The van der Waals surface area contributed by atoms with Crippen LogP contribution >= 0.6 is 11.6 Å². The lowest BCUT2D eigenvalue weighted by molar-refractivity contribution is -0.118. The van der Waals surface area contributed by atoms with E-state index in [2.05, 4.69) is 5.32 Å². The minimum atomic E-state index is -3.35. The van der Waals surface area contributed by atoms with E-state index in [-0.39, 0.29) is 11.5 Å². The first-order valence-corrected chi connectivity index (χ1v) is 10.7. The highest BCUT2D eigenvalue weighted by molar-refractivity contribution is 7.90. The third-order valence-corrected chi connectivity index (χ3v) is 5.35. The van der Waals surface area contributed by atoms with E-state index in [4.69, 9.17) is 16.3 Å². The molecule has 0 saturated carbocycles. The molecule has 0 atom stereocenters. The van der Waals surface area contributed by atoms with Crippen LogP contribution in [0.15, 0.2) is 77.7 Å². The van der Waals surface area contributed by atoms with E-state index < -0.39 is 15.7 Å². The Hall–Kier alpha value is -2.83. The first kappa shape index (κ1) is 19.9. The van der Waals surface area contributed by atoms with Gasteiger partial charge in [-0.05, 0) is 41.5 Å². The Kier molecular flexibility index (Phi) is 6.02. The van der Waals surface area contributed by atoms with Gasteiger partial charge in [0.1, 0.15) is 5.75 Å². The van der Waals surface area contributed by atoms with Crippen molar-refractivity contribution in [3.05, 3.63) is 77.8 Å². The van der Waals surface area contributed by atoms with Gasteiger partial charge in [0.15, 0.2) is 16.4 Å². The second-order valence-electron chi connectivity index (χ2n) is 6.15. The first-order valence-electron chi connectivity index (χ1n) is 8.41. The van der Waals surface area contributed by atoms with Crippen LogP contribution in [0.1, 0.15) is 0 Å². The van der Waals surface area contributed by atoms with Gasteiger partial charge in [0.05, 0.1) is 9.92 Å². The molecule has 3 aromatic carbocycles. The molecule has 1 amide bonds. The summed E-state index contributed by atoms with van der Waals surface area (Å²) in [5.41, 5.74) is 2.35. The minimum absolute atomic E-state index is 0.130. The van der Waals surface area contributed by atoms with Crippen LogP contribution in [0.5, 0.6) is 5.75 Å². The Morgan fingerprint density at radius 2 is 1.71 bits per heavy atom. The number of hydrogen-bond donors (Lipinski definition) is 1. The maximum atomic E-state index is 12.1. The van der Waals surface area contributed by atoms with E-state index in [1.807, 2.05) is 36.4 Å². The third-order valence-electron chi connectivity index (χ3n) is 3.94. The number of ether oxygens (including phenoxy) is 1. The molecule has 28 heavy (non-hydrogen) atoms. The molecule has 0 heterocycles. The average molecular weight is 416 g/mol. The maximum absolute atomic E-state index is 12.1. The van der Waals surface area contributed by atoms with Gasteiger partial charge in [-0.15, -0.1) is 0 Å². The molecule has 0 aliphatic rings. The number of hydrogen-bond acceptors (Lipinski definition) is 4. The van der Waals surface area contributed by atoms with Crippen LogP contribution in [0.3, 0.4) is 0 Å². The number of carbonyl (C=O) groups excluding carboxylic acids is 1. The maximum Gasteiger partial charge on any atom is 0.262 e. The van der Waals surface area contributed by atoms with Crippen LogP contribution in [-0.4, -0.2) is 27.2 Å². The van der Waals surface area contributed by atoms with Crippen LogP contribution in [0.25, 0.3) is 11.1 Å². The molecule has 0 aliphatic carbocycles. The fourth-order valence-corrected chi connectivity index (χ4v) is 3.47. The number of anilines is 1. The number of carbonyl (C=O) groups is 1. The molecule has 0 aliphatic heterocycles. The van der Waals surface area contributed by atoms with Crippen molar-refractivity contribution in [2.75, 3.05) is 18.2 Å². The van der Waals surface area contributed by atoms with E-state index in [0.717, 1.165) is 17.4 Å². The van der Waals surface area contributed by atoms with Crippen LogP contribution in [0.2, 0.25) is 5.02 Å².